The fourth-order valence-corrected chi connectivity index (χ4v) is 3.83. The Hall–Kier alpha value is -1.07. The Labute approximate surface area is 102 Å². The molecule has 1 unspecified atom stereocenters. The summed E-state index contributed by atoms with van der Waals surface area (Å²) in [6, 6.07) is 6.43. The smallest absolute Gasteiger partial charge is 0.155 e. The molecule has 0 aliphatic carbocycles. The van der Waals surface area contributed by atoms with Crippen molar-refractivity contribution in [3.05, 3.63) is 29.8 Å². The van der Waals surface area contributed by atoms with Crippen molar-refractivity contribution in [2.45, 2.75) is 24.6 Å². The molecule has 0 amide bonds. The first-order chi connectivity index (χ1) is 8.05. The number of sulfone groups is 1. The molecule has 94 valence electrons. The highest BCUT2D eigenvalue weighted by Gasteiger charge is 2.22. The van der Waals surface area contributed by atoms with Gasteiger partial charge in [0.15, 0.2) is 9.84 Å². The Balaban J connectivity index is 1.98. The number of benzene rings is 1. The van der Waals surface area contributed by atoms with Gasteiger partial charge in [-0.1, -0.05) is 12.1 Å². The van der Waals surface area contributed by atoms with Gasteiger partial charge >= 0.3 is 0 Å². The molecule has 0 aromatic heterocycles. The van der Waals surface area contributed by atoms with Crippen LogP contribution in [0.15, 0.2) is 24.3 Å². The molecule has 17 heavy (non-hydrogen) atoms. The van der Waals surface area contributed by atoms with Gasteiger partial charge in [-0.3, -0.25) is 0 Å². The number of rotatable bonds is 4. The van der Waals surface area contributed by atoms with Crippen molar-refractivity contribution in [3.8, 4) is 5.75 Å². The van der Waals surface area contributed by atoms with E-state index in [0.29, 0.717) is 0 Å². The van der Waals surface area contributed by atoms with Crippen molar-refractivity contribution in [1.82, 2.24) is 5.32 Å². The standard InChI is InChI=1S/C12H17NO3S/c14-12-5-3-10(4-6-12)8-17(15,16)9-11-2-1-7-13-11/h3-6,11,13-14H,1-2,7-9H2. The van der Waals surface area contributed by atoms with E-state index in [4.69, 9.17) is 5.11 Å². The minimum Gasteiger partial charge on any atom is -0.508 e. The first-order valence-corrected chi connectivity index (χ1v) is 7.59. The third-order valence-corrected chi connectivity index (χ3v) is 4.62. The van der Waals surface area contributed by atoms with Crippen molar-refractivity contribution < 1.29 is 13.5 Å². The maximum atomic E-state index is 11.9. The van der Waals surface area contributed by atoms with E-state index in [2.05, 4.69) is 5.32 Å². The molecule has 0 spiro atoms. The van der Waals surface area contributed by atoms with E-state index >= 15 is 0 Å². The molecule has 1 atom stereocenters. The summed E-state index contributed by atoms with van der Waals surface area (Å²) >= 11 is 0. The molecule has 2 rings (SSSR count). The van der Waals surface area contributed by atoms with Gasteiger partial charge in [0.2, 0.25) is 0 Å². The molecule has 4 nitrogen and oxygen atoms in total. The molecular weight excluding hydrogens is 238 g/mol. The summed E-state index contributed by atoms with van der Waals surface area (Å²) in [5, 5.41) is 12.3. The van der Waals surface area contributed by atoms with Crippen LogP contribution in [0.5, 0.6) is 5.75 Å². The van der Waals surface area contributed by atoms with Crippen LogP contribution in [-0.2, 0) is 15.6 Å². The van der Waals surface area contributed by atoms with Gasteiger partial charge in [0.1, 0.15) is 5.75 Å². The molecular formula is C12H17NO3S. The Morgan fingerprint density at radius 1 is 1.29 bits per heavy atom. The monoisotopic (exact) mass is 255 g/mol. The molecule has 1 aromatic carbocycles. The zero-order chi connectivity index (χ0) is 12.3. The van der Waals surface area contributed by atoms with E-state index in [-0.39, 0.29) is 23.3 Å². The van der Waals surface area contributed by atoms with Gasteiger partial charge in [-0.2, -0.15) is 0 Å². The zero-order valence-electron chi connectivity index (χ0n) is 9.59. The van der Waals surface area contributed by atoms with Gasteiger partial charge in [0.05, 0.1) is 11.5 Å². The number of aromatic hydroxyl groups is 1. The van der Waals surface area contributed by atoms with E-state index < -0.39 is 9.84 Å². The minimum absolute atomic E-state index is 0.0471. The lowest BCUT2D eigenvalue weighted by molar-refractivity contribution is 0.475. The van der Waals surface area contributed by atoms with Crippen LogP contribution < -0.4 is 5.32 Å². The number of phenols is 1. The Bertz CT molecular complexity index is 461. The molecule has 0 bridgehead atoms. The first kappa shape index (κ1) is 12.4. The van der Waals surface area contributed by atoms with E-state index in [0.717, 1.165) is 24.9 Å². The summed E-state index contributed by atoms with van der Waals surface area (Å²) in [7, 11) is -3.08. The van der Waals surface area contributed by atoms with Gasteiger partial charge in [-0.25, -0.2) is 8.42 Å². The number of hydrogen-bond acceptors (Lipinski definition) is 4. The highest BCUT2D eigenvalue weighted by Crippen LogP contribution is 2.15. The lowest BCUT2D eigenvalue weighted by Crippen LogP contribution is -2.30. The van der Waals surface area contributed by atoms with Crippen molar-refractivity contribution in [2.24, 2.45) is 0 Å². The van der Waals surface area contributed by atoms with Crippen LogP contribution in [0.25, 0.3) is 0 Å². The van der Waals surface area contributed by atoms with E-state index in [1.165, 1.54) is 12.1 Å². The zero-order valence-corrected chi connectivity index (χ0v) is 10.4. The first-order valence-electron chi connectivity index (χ1n) is 5.77. The molecule has 1 aliphatic heterocycles. The molecule has 1 fully saturated rings. The highest BCUT2D eigenvalue weighted by atomic mass is 32.2. The summed E-state index contributed by atoms with van der Waals surface area (Å²) in [6.45, 7) is 0.916. The lowest BCUT2D eigenvalue weighted by atomic mass is 10.2. The van der Waals surface area contributed by atoms with Gasteiger partial charge in [0, 0.05) is 6.04 Å². The summed E-state index contributed by atoms with van der Waals surface area (Å²) < 4.78 is 23.9. The van der Waals surface area contributed by atoms with Crippen molar-refractivity contribution in [1.29, 1.82) is 0 Å². The van der Waals surface area contributed by atoms with Gasteiger partial charge < -0.3 is 10.4 Å². The second-order valence-corrected chi connectivity index (χ2v) is 6.62. The molecule has 1 aromatic rings. The van der Waals surface area contributed by atoms with Crippen LogP contribution >= 0.6 is 0 Å². The lowest BCUT2D eigenvalue weighted by Gasteiger charge is -2.10. The molecule has 0 radical (unpaired) electrons. The van der Waals surface area contributed by atoms with E-state index in [1.807, 2.05) is 0 Å². The molecule has 1 saturated heterocycles. The van der Waals surface area contributed by atoms with E-state index in [1.54, 1.807) is 12.1 Å². The Morgan fingerprint density at radius 3 is 2.59 bits per heavy atom. The SMILES string of the molecule is O=S(=O)(Cc1ccc(O)cc1)CC1CCCN1. The fraction of sp³-hybridized carbons (Fsp3) is 0.500. The van der Waals surface area contributed by atoms with Crippen LogP contribution in [0.1, 0.15) is 18.4 Å². The average Bonchev–Trinajstić information content (AvgIpc) is 2.73. The summed E-state index contributed by atoms with van der Waals surface area (Å²) in [4.78, 5) is 0. The van der Waals surface area contributed by atoms with Crippen molar-refractivity contribution >= 4 is 9.84 Å². The van der Waals surface area contributed by atoms with Gasteiger partial charge in [-0.15, -0.1) is 0 Å². The summed E-state index contributed by atoms with van der Waals surface area (Å²) in [5.74, 6) is 0.405. The minimum atomic E-state index is -3.08. The molecule has 0 saturated carbocycles. The maximum absolute atomic E-state index is 11.9. The maximum Gasteiger partial charge on any atom is 0.155 e. The molecule has 5 heteroatoms. The number of nitrogens with one attached hydrogen (secondary N) is 1. The fourth-order valence-electron chi connectivity index (χ4n) is 2.11. The predicted octanol–water partition coefficient (Wildman–Crippen LogP) is 1.06. The van der Waals surface area contributed by atoms with E-state index in [9.17, 15) is 8.42 Å². The Kier molecular flexibility index (Phi) is 3.69. The second kappa shape index (κ2) is 5.06. The highest BCUT2D eigenvalue weighted by molar-refractivity contribution is 7.90. The second-order valence-electron chi connectivity index (χ2n) is 4.51. The van der Waals surface area contributed by atoms with Crippen LogP contribution in [0, 0.1) is 0 Å². The number of phenolic OH excluding ortho intramolecular Hbond substituents is 1. The van der Waals surface area contributed by atoms with Crippen LogP contribution in [-0.4, -0.2) is 31.9 Å². The topological polar surface area (TPSA) is 66.4 Å². The quantitative estimate of drug-likeness (QED) is 0.844. The molecule has 1 heterocycles. The van der Waals surface area contributed by atoms with Gasteiger partial charge in [0.25, 0.3) is 0 Å². The third kappa shape index (κ3) is 3.71. The molecule has 1 aliphatic rings. The normalized spacial score (nSPS) is 20.6. The van der Waals surface area contributed by atoms with Crippen LogP contribution in [0.4, 0.5) is 0 Å². The molecule has 2 N–H and O–H groups in total. The van der Waals surface area contributed by atoms with Crippen molar-refractivity contribution in [2.75, 3.05) is 12.3 Å². The van der Waals surface area contributed by atoms with Gasteiger partial charge in [-0.05, 0) is 37.1 Å². The number of hydrogen-bond donors (Lipinski definition) is 2. The largest absolute Gasteiger partial charge is 0.508 e. The predicted molar refractivity (Wildman–Crippen MR) is 66.6 cm³/mol. The van der Waals surface area contributed by atoms with Crippen LogP contribution in [0.2, 0.25) is 0 Å². The van der Waals surface area contributed by atoms with Crippen LogP contribution in [0.3, 0.4) is 0 Å². The summed E-state index contributed by atoms with van der Waals surface area (Å²) in [6.07, 6.45) is 1.99. The summed E-state index contributed by atoms with van der Waals surface area (Å²) in [5.41, 5.74) is 0.723. The average molecular weight is 255 g/mol. The Morgan fingerprint density at radius 2 is 2.00 bits per heavy atom. The van der Waals surface area contributed by atoms with Crippen molar-refractivity contribution in [3.63, 3.8) is 0 Å². The third-order valence-electron chi connectivity index (χ3n) is 2.94.